The fourth-order valence-corrected chi connectivity index (χ4v) is 2.52. The number of hydrogen-bond donors (Lipinski definition) is 2. The molecule has 0 aliphatic rings. The molecule has 10 heteroatoms. The standard InChI is InChI=1S/C14H17N5O4S/c1-3-4-12-16-14(18-17-12)24-8-13(20)15-10-6-5-9(19(21)22)7-11(10)23-2/h5-7H,3-4,8H2,1-2H3,(H,15,20)(H,16,17,18). The summed E-state index contributed by atoms with van der Waals surface area (Å²) in [5.41, 5.74) is 0.263. The molecule has 2 N–H and O–H groups in total. The number of non-ortho nitro benzene ring substituents is 1. The number of aromatic amines is 1. The van der Waals surface area contributed by atoms with E-state index in [2.05, 4.69) is 20.5 Å². The Bertz CT molecular complexity index is 734. The number of H-pyrrole nitrogens is 1. The van der Waals surface area contributed by atoms with Crippen LogP contribution in [0.4, 0.5) is 11.4 Å². The number of aryl methyl sites for hydroxylation is 1. The van der Waals surface area contributed by atoms with Crippen molar-refractivity contribution in [3.8, 4) is 5.75 Å². The number of nitro groups is 1. The number of hydrogen-bond acceptors (Lipinski definition) is 7. The smallest absolute Gasteiger partial charge is 0.273 e. The molecule has 9 nitrogen and oxygen atoms in total. The van der Waals surface area contributed by atoms with E-state index in [1.165, 1.54) is 37.1 Å². The van der Waals surface area contributed by atoms with E-state index in [0.29, 0.717) is 10.8 Å². The van der Waals surface area contributed by atoms with E-state index >= 15 is 0 Å². The third kappa shape index (κ3) is 4.69. The van der Waals surface area contributed by atoms with Crippen LogP contribution >= 0.6 is 11.8 Å². The van der Waals surface area contributed by atoms with Gasteiger partial charge < -0.3 is 10.1 Å². The minimum atomic E-state index is -0.527. The Morgan fingerprint density at radius 2 is 2.29 bits per heavy atom. The summed E-state index contributed by atoms with van der Waals surface area (Å²) in [4.78, 5) is 26.5. The summed E-state index contributed by atoms with van der Waals surface area (Å²) in [6.07, 6.45) is 1.76. The molecule has 0 bridgehead atoms. The first-order chi connectivity index (χ1) is 11.5. The van der Waals surface area contributed by atoms with Gasteiger partial charge >= 0.3 is 0 Å². The Labute approximate surface area is 142 Å². The van der Waals surface area contributed by atoms with Crippen molar-refractivity contribution in [1.29, 1.82) is 0 Å². The molecule has 0 fully saturated rings. The van der Waals surface area contributed by atoms with Crippen LogP contribution in [0, 0.1) is 10.1 Å². The van der Waals surface area contributed by atoms with E-state index in [-0.39, 0.29) is 23.1 Å². The van der Waals surface area contributed by atoms with Crippen LogP contribution < -0.4 is 10.1 Å². The molecule has 0 saturated heterocycles. The predicted octanol–water partition coefficient (Wildman–Crippen LogP) is 2.40. The van der Waals surface area contributed by atoms with Crippen LogP contribution in [0.2, 0.25) is 0 Å². The van der Waals surface area contributed by atoms with Crippen LogP contribution in [0.15, 0.2) is 23.4 Å². The molecule has 2 aromatic rings. The Morgan fingerprint density at radius 1 is 1.50 bits per heavy atom. The second-order valence-electron chi connectivity index (χ2n) is 4.79. The maximum absolute atomic E-state index is 12.0. The van der Waals surface area contributed by atoms with Gasteiger partial charge in [0.2, 0.25) is 11.1 Å². The van der Waals surface area contributed by atoms with Gasteiger partial charge in [0, 0.05) is 12.5 Å². The number of thioether (sulfide) groups is 1. The molecule has 0 saturated carbocycles. The van der Waals surface area contributed by atoms with Gasteiger partial charge in [-0.3, -0.25) is 20.0 Å². The van der Waals surface area contributed by atoms with Crippen LogP contribution in [-0.2, 0) is 11.2 Å². The summed E-state index contributed by atoms with van der Waals surface area (Å²) >= 11 is 1.20. The highest BCUT2D eigenvalue weighted by molar-refractivity contribution is 7.99. The molecule has 0 aliphatic heterocycles. The van der Waals surface area contributed by atoms with E-state index < -0.39 is 4.92 Å². The largest absolute Gasteiger partial charge is 0.494 e. The molecule has 1 amide bonds. The number of ether oxygens (including phenoxy) is 1. The number of rotatable bonds is 8. The zero-order valence-electron chi connectivity index (χ0n) is 13.2. The van der Waals surface area contributed by atoms with Crippen molar-refractivity contribution in [2.24, 2.45) is 0 Å². The predicted molar refractivity (Wildman–Crippen MR) is 89.4 cm³/mol. The fraction of sp³-hybridized carbons (Fsp3) is 0.357. The summed E-state index contributed by atoms with van der Waals surface area (Å²) < 4.78 is 5.07. The number of carbonyl (C=O) groups is 1. The number of nitrogens with one attached hydrogen (secondary N) is 2. The highest BCUT2D eigenvalue weighted by Gasteiger charge is 2.14. The molecule has 1 aromatic carbocycles. The van der Waals surface area contributed by atoms with E-state index in [1.807, 2.05) is 6.92 Å². The van der Waals surface area contributed by atoms with E-state index in [9.17, 15) is 14.9 Å². The van der Waals surface area contributed by atoms with Gasteiger partial charge in [0.05, 0.1) is 29.5 Å². The van der Waals surface area contributed by atoms with E-state index in [0.717, 1.165) is 18.7 Å². The molecular formula is C14H17N5O4S. The van der Waals surface area contributed by atoms with Gasteiger partial charge in [-0.15, -0.1) is 5.10 Å². The Balaban J connectivity index is 1.95. The number of carbonyl (C=O) groups excluding carboxylic acids is 1. The van der Waals surface area contributed by atoms with Gasteiger partial charge in [0.15, 0.2) is 0 Å². The van der Waals surface area contributed by atoms with Gasteiger partial charge in [0.25, 0.3) is 5.69 Å². The first-order valence-corrected chi connectivity index (χ1v) is 8.18. The van der Waals surface area contributed by atoms with Gasteiger partial charge in [-0.05, 0) is 12.5 Å². The lowest BCUT2D eigenvalue weighted by atomic mass is 10.2. The second kappa shape index (κ2) is 8.29. The topological polar surface area (TPSA) is 123 Å². The first-order valence-electron chi connectivity index (χ1n) is 7.19. The Hall–Kier alpha value is -2.62. The maximum atomic E-state index is 12.0. The number of benzene rings is 1. The highest BCUT2D eigenvalue weighted by Crippen LogP contribution is 2.29. The molecule has 0 unspecified atom stereocenters. The zero-order valence-corrected chi connectivity index (χ0v) is 14.1. The minimum absolute atomic E-state index is 0.108. The van der Waals surface area contributed by atoms with E-state index in [1.54, 1.807) is 0 Å². The Kier molecular flexibility index (Phi) is 6.13. The number of aromatic nitrogens is 3. The van der Waals surface area contributed by atoms with Crippen LogP contribution in [0.1, 0.15) is 19.2 Å². The summed E-state index contributed by atoms with van der Waals surface area (Å²) in [7, 11) is 1.38. The number of methoxy groups -OCH3 is 1. The molecule has 0 spiro atoms. The summed E-state index contributed by atoms with van der Waals surface area (Å²) in [5, 5.41) is 20.8. The lowest BCUT2D eigenvalue weighted by molar-refractivity contribution is -0.384. The average molecular weight is 351 g/mol. The minimum Gasteiger partial charge on any atom is -0.494 e. The molecule has 128 valence electrons. The molecule has 0 radical (unpaired) electrons. The highest BCUT2D eigenvalue weighted by atomic mass is 32.2. The van der Waals surface area contributed by atoms with Crippen LogP contribution in [-0.4, -0.2) is 38.9 Å². The van der Waals surface area contributed by atoms with Gasteiger partial charge in [-0.2, -0.15) is 0 Å². The molecule has 1 aromatic heterocycles. The average Bonchev–Trinajstić information content (AvgIpc) is 3.01. The van der Waals surface area contributed by atoms with Crippen molar-refractivity contribution >= 4 is 29.0 Å². The number of nitrogens with zero attached hydrogens (tertiary/aromatic N) is 3. The van der Waals surface area contributed by atoms with Crippen molar-refractivity contribution in [2.45, 2.75) is 24.9 Å². The van der Waals surface area contributed by atoms with Crippen molar-refractivity contribution in [2.75, 3.05) is 18.2 Å². The lowest BCUT2D eigenvalue weighted by Crippen LogP contribution is -2.14. The zero-order chi connectivity index (χ0) is 17.5. The second-order valence-corrected chi connectivity index (χ2v) is 5.74. The number of amides is 1. The van der Waals surface area contributed by atoms with Gasteiger partial charge in [-0.25, -0.2) is 4.98 Å². The summed E-state index contributed by atoms with van der Waals surface area (Å²) in [6, 6.07) is 4.00. The summed E-state index contributed by atoms with van der Waals surface area (Å²) in [5.74, 6) is 0.848. The molecule has 0 aliphatic carbocycles. The van der Waals surface area contributed by atoms with Gasteiger partial charge in [-0.1, -0.05) is 18.7 Å². The molecular weight excluding hydrogens is 334 g/mol. The molecule has 24 heavy (non-hydrogen) atoms. The normalized spacial score (nSPS) is 10.4. The molecule has 2 rings (SSSR count). The Morgan fingerprint density at radius 3 is 2.96 bits per heavy atom. The van der Waals surface area contributed by atoms with Crippen molar-refractivity contribution in [3.63, 3.8) is 0 Å². The SMILES string of the molecule is CCCc1nc(SCC(=O)Nc2ccc([N+](=O)[O-])cc2OC)n[nH]1. The number of nitro benzene ring substituents is 1. The van der Waals surface area contributed by atoms with Crippen molar-refractivity contribution in [1.82, 2.24) is 15.2 Å². The fourth-order valence-electron chi connectivity index (χ4n) is 1.90. The van der Waals surface area contributed by atoms with Crippen LogP contribution in [0.3, 0.4) is 0 Å². The maximum Gasteiger partial charge on any atom is 0.273 e. The van der Waals surface area contributed by atoms with Crippen LogP contribution in [0.25, 0.3) is 0 Å². The summed E-state index contributed by atoms with van der Waals surface area (Å²) in [6.45, 7) is 2.04. The first kappa shape index (κ1) is 17.7. The van der Waals surface area contributed by atoms with Crippen molar-refractivity contribution in [3.05, 3.63) is 34.1 Å². The number of anilines is 1. The molecule has 1 heterocycles. The third-order valence-corrected chi connectivity index (χ3v) is 3.85. The van der Waals surface area contributed by atoms with Crippen LogP contribution in [0.5, 0.6) is 5.75 Å². The lowest BCUT2D eigenvalue weighted by Gasteiger charge is -2.09. The molecule has 0 atom stereocenters. The monoisotopic (exact) mass is 351 g/mol. The van der Waals surface area contributed by atoms with E-state index in [4.69, 9.17) is 4.74 Å². The van der Waals surface area contributed by atoms with Gasteiger partial charge in [0.1, 0.15) is 11.6 Å². The quantitative estimate of drug-likeness (QED) is 0.425. The van der Waals surface area contributed by atoms with Crippen molar-refractivity contribution < 1.29 is 14.5 Å². The third-order valence-electron chi connectivity index (χ3n) is 3.00.